The summed E-state index contributed by atoms with van der Waals surface area (Å²) in [6.07, 6.45) is -0.0206. The van der Waals surface area contributed by atoms with Crippen molar-refractivity contribution in [1.29, 1.82) is 0 Å². The number of fused-ring (bicyclic) bond motifs is 2. The van der Waals surface area contributed by atoms with E-state index in [1.165, 1.54) is 6.92 Å². The second-order valence-corrected chi connectivity index (χ2v) is 17.1. The lowest BCUT2D eigenvalue weighted by Crippen LogP contribution is -2.60. The first-order valence-corrected chi connectivity index (χ1v) is 20.4. The molecule has 0 saturated carbocycles. The second-order valence-electron chi connectivity index (χ2n) is 17.1. The number of ether oxygens (including phenoxy) is 5. The number of likely N-dealkylation sites (N-methyl/N-ethyl adjacent to an activating group) is 1. The van der Waals surface area contributed by atoms with Crippen LogP contribution in [0.5, 0.6) is 0 Å². The number of alkyl carbamates (subject to hydrolysis) is 1. The van der Waals surface area contributed by atoms with E-state index in [0.29, 0.717) is 6.42 Å². The number of pyridine rings is 1. The summed E-state index contributed by atoms with van der Waals surface area (Å²) in [7, 11) is 3.66. The highest BCUT2D eigenvalue weighted by atomic mass is 16.7. The fraction of sp³-hybridized carbons (Fsp3) is 0.636. The number of aromatic nitrogens is 1. The van der Waals surface area contributed by atoms with Crippen molar-refractivity contribution in [3.8, 4) is 0 Å². The molecule has 3 aliphatic rings. The van der Waals surface area contributed by atoms with Gasteiger partial charge in [-0.3, -0.25) is 24.2 Å². The normalized spacial score (nSPS) is 36.7. The molecule has 14 nitrogen and oxygen atoms in total. The number of Topliss-reactive ketones (excluding diaryl/α,β-unsaturated/α-hetero) is 2. The molecule has 318 valence electrons. The molecule has 0 bridgehead atoms. The van der Waals surface area contributed by atoms with Crippen molar-refractivity contribution >= 4 is 46.6 Å². The van der Waals surface area contributed by atoms with Crippen LogP contribution in [0.3, 0.4) is 0 Å². The first kappa shape index (κ1) is 44.9. The Morgan fingerprint density at radius 2 is 1.76 bits per heavy atom. The average molecular weight is 808 g/mol. The lowest BCUT2D eigenvalue weighted by atomic mass is 9.70. The van der Waals surface area contributed by atoms with Crippen LogP contribution in [0.1, 0.15) is 86.6 Å². The van der Waals surface area contributed by atoms with E-state index in [1.807, 2.05) is 62.3 Å². The molecular weight excluding hydrogens is 746 g/mol. The number of ketones is 2. The van der Waals surface area contributed by atoms with Crippen molar-refractivity contribution in [2.24, 2.45) is 29.6 Å². The van der Waals surface area contributed by atoms with Crippen molar-refractivity contribution in [3.63, 3.8) is 0 Å². The van der Waals surface area contributed by atoms with Crippen molar-refractivity contribution in [2.75, 3.05) is 20.6 Å². The summed E-state index contributed by atoms with van der Waals surface area (Å²) >= 11 is 0. The van der Waals surface area contributed by atoms with Gasteiger partial charge in [-0.15, -0.1) is 0 Å². The Balaban J connectivity index is 1.51. The minimum Gasteiger partial charge on any atom is -0.458 e. The van der Waals surface area contributed by atoms with Gasteiger partial charge in [0.2, 0.25) is 0 Å². The fourth-order valence-electron chi connectivity index (χ4n) is 9.16. The van der Waals surface area contributed by atoms with E-state index < -0.39 is 89.2 Å². The minimum absolute atomic E-state index is 0.0650. The van der Waals surface area contributed by atoms with Gasteiger partial charge in [0.15, 0.2) is 12.1 Å². The van der Waals surface area contributed by atoms with Gasteiger partial charge in [-0.05, 0) is 78.7 Å². The van der Waals surface area contributed by atoms with E-state index in [2.05, 4.69) is 10.3 Å². The molecule has 0 spiro atoms. The van der Waals surface area contributed by atoms with Crippen LogP contribution in [-0.2, 0) is 42.9 Å². The molecule has 3 fully saturated rings. The quantitative estimate of drug-likeness (QED) is 0.200. The van der Waals surface area contributed by atoms with Crippen LogP contribution < -0.4 is 5.32 Å². The van der Waals surface area contributed by atoms with Gasteiger partial charge in [0.25, 0.3) is 0 Å². The number of aliphatic hydroxyl groups is 1. The second kappa shape index (κ2) is 18.4. The number of hydrogen-bond acceptors (Lipinski definition) is 13. The molecule has 1 amide bonds. The Labute approximate surface area is 341 Å². The third-order valence-corrected chi connectivity index (χ3v) is 12.4. The van der Waals surface area contributed by atoms with Gasteiger partial charge in [-0.1, -0.05) is 58.0 Å². The summed E-state index contributed by atoms with van der Waals surface area (Å²) < 4.78 is 30.8. The predicted octanol–water partition coefficient (Wildman–Crippen LogP) is 5.27. The molecule has 3 saturated heterocycles. The Morgan fingerprint density at radius 1 is 1.05 bits per heavy atom. The number of nitrogens with zero attached hydrogens (tertiary/aromatic N) is 2. The standard InChI is InChI=1S/C44H61N3O11/c1-11-34-44(8)31(21-35(48)57-44)26(4)36(49)24(2)22-43(7,58-42(53)45-18-14-15-29-20-30-16-12-13-17-32(30)46-23-29)39(27(5)37(50)28(6)40(52)55-34)56-41-38(51)33(47(9)10)19-25(3)54-41/h12-17,20,23-28,31,33-34,38-39,41,51H,11,18-19,21-22H2,1-10H3,(H,45,53)/b15-14+/t24-,25-,26-,27+,28-,31-,33+,34-,38-,39-,41+,43-,44+/m1/s1. The maximum Gasteiger partial charge on any atom is 0.408 e. The van der Waals surface area contributed by atoms with Crippen LogP contribution in [0.2, 0.25) is 0 Å². The number of nitrogens with one attached hydrogen (secondary N) is 1. The molecule has 14 heteroatoms. The Morgan fingerprint density at radius 3 is 2.45 bits per heavy atom. The fourth-order valence-corrected chi connectivity index (χ4v) is 9.16. The van der Waals surface area contributed by atoms with E-state index in [9.17, 15) is 29.1 Å². The number of cyclic esters (lactones) is 1. The van der Waals surface area contributed by atoms with E-state index >= 15 is 0 Å². The molecule has 2 N–H and O–H groups in total. The summed E-state index contributed by atoms with van der Waals surface area (Å²) in [4.78, 5) is 75.7. The summed E-state index contributed by atoms with van der Waals surface area (Å²) in [6, 6.07) is 9.33. The first-order chi connectivity index (χ1) is 27.3. The maximum absolute atomic E-state index is 14.5. The van der Waals surface area contributed by atoms with Crippen LogP contribution >= 0.6 is 0 Å². The molecule has 3 aliphatic heterocycles. The van der Waals surface area contributed by atoms with E-state index in [0.717, 1.165) is 16.5 Å². The number of hydrogen-bond donors (Lipinski definition) is 2. The Bertz CT molecular complexity index is 1870. The largest absolute Gasteiger partial charge is 0.458 e. The summed E-state index contributed by atoms with van der Waals surface area (Å²) in [6.45, 7) is 13.4. The summed E-state index contributed by atoms with van der Waals surface area (Å²) in [5.74, 6) is -6.82. The zero-order chi connectivity index (χ0) is 42.7. The third-order valence-electron chi connectivity index (χ3n) is 12.4. The van der Waals surface area contributed by atoms with Gasteiger partial charge in [-0.2, -0.15) is 0 Å². The van der Waals surface area contributed by atoms with E-state index in [1.54, 1.807) is 53.8 Å². The summed E-state index contributed by atoms with van der Waals surface area (Å²) in [5, 5.41) is 15.3. The Kier molecular flexibility index (Phi) is 14.2. The lowest BCUT2D eigenvalue weighted by Gasteiger charge is -2.47. The number of rotatable bonds is 8. The minimum atomic E-state index is -1.72. The molecule has 5 rings (SSSR count). The molecule has 0 radical (unpaired) electrons. The molecule has 1 aromatic carbocycles. The third kappa shape index (κ3) is 9.62. The number of para-hydroxylation sites is 1. The van der Waals surface area contributed by atoms with Crippen LogP contribution in [0.25, 0.3) is 17.0 Å². The van der Waals surface area contributed by atoms with Gasteiger partial charge in [0, 0.05) is 47.8 Å². The zero-order valence-corrected chi connectivity index (χ0v) is 35.4. The molecule has 0 unspecified atom stereocenters. The van der Waals surface area contributed by atoms with Gasteiger partial charge in [0.05, 0.1) is 18.0 Å². The van der Waals surface area contributed by atoms with Crippen LogP contribution in [0.4, 0.5) is 4.79 Å². The Hall–Kier alpha value is -4.24. The van der Waals surface area contributed by atoms with Crippen LogP contribution in [-0.4, -0.2) is 113 Å². The highest BCUT2D eigenvalue weighted by Crippen LogP contribution is 2.45. The van der Waals surface area contributed by atoms with Gasteiger partial charge >= 0.3 is 18.0 Å². The van der Waals surface area contributed by atoms with Crippen LogP contribution in [0, 0.1) is 29.6 Å². The highest BCUT2D eigenvalue weighted by Gasteiger charge is 2.57. The smallest absolute Gasteiger partial charge is 0.408 e. The summed E-state index contributed by atoms with van der Waals surface area (Å²) in [5.41, 5.74) is -1.36. The van der Waals surface area contributed by atoms with Crippen molar-refractivity contribution < 1.29 is 52.8 Å². The van der Waals surface area contributed by atoms with E-state index in [-0.39, 0.29) is 43.7 Å². The van der Waals surface area contributed by atoms with Gasteiger partial charge in [0.1, 0.15) is 41.2 Å². The SMILES string of the molecule is CC[C@H]1OC(=O)[C@H](C)C(=O)[C@H](C)[C@@H](O[C@@H]2O[C@H](C)C[C@H](N(C)C)[C@H]2O)[C@](C)(OC(=O)NC/C=C/c2cnc3ccccc3c2)C[C@@H](C)C(=O)[C@H](C)[C@H]2CC(=O)O[C@@]21C. The predicted molar refractivity (Wildman–Crippen MR) is 215 cm³/mol. The van der Waals surface area contributed by atoms with Gasteiger partial charge < -0.3 is 39.0 Å². The van der Waals surface area contributed by atoms with Crippen molar-refractivity contribution in [3.05, 3.63) is 48.2 Å². The first-order valence-electron chi connectivity index (χ1n) is 20.4. The van der Waals surface area contributed by atoms with Gasteiger partial charge in [-0.25, -0.2) is 4.79 Å². The molecule has 58 heavy (non-hydrogen) atoms. The number of carbonyl (C=O) groups excluding carboxylic acids is 5. The lowest BCUT2D eigenvalue weighted by molar-refractivity contribution is -0.292. The molecule has 4 heterocycles. The van der Waals surface area contributed by atoms with Crippen molar-refractivity contribution in [1.82, 2.24) is 15.2 Å². The number of esters is 2. The topological polar surface area (TPSA) is 180 Å². The number of benzene rings is 1. The average Bonchev–Trinajstić information content (AvgIpc) is 3.50. The van der Waals surface area contributed by atoms with E-state index in [4.69, 9.17) is 23.7 Å². The monoisotopic (exact) mass is 807 g/mol. The molecule has 2 aromatic rings. The zero-order valence-electron chi connectivity index (χ0n) is 35.4. The highest BCUT2D eigenvalue weighted by molar-refractivity contribution is 6.00. The number of aliphatic hydroxyl groups excluding tert-OH is 1. The molecule has 0 aliphatic carbocycles. The molecular formula is C44H61N3O11. The maximum atomic E-state index is 14.5. The van der Waals surface area contributed by atoms with Crippen LogP contribution in [0.15, 0.2) is 42.6 Å². The molecule has 13 atom stereocenters. The number of amides is 1. The van der Waals surface area contributed by atoms with Crippen molar-refractivity contribution in [2.45, 2.75) is 129 Å². The molecule has 1 aromatic heterocycles. The number of carbonyl (C=O) groups is 5.